The number of hydrogen-bond donors (Lipinski definition) is 1. The predicted octanol–water partition coefficient (Wildman–Crippen LogP) is 6.44. The second-order valence-corrected chi connectivity index (χ2v) is 7.34. The van der Waals surface area contributed by atoms with Crippen LogP contribution < -0.4 is 0 Å². The summed E-state index contributed by atoms with van der Waals surface area (Å²) in [5.74, 6) is -0.229. The summed E-state index contributed by atoms with van der Waals surface area (Å²) < 4.78 is 0. The van der Waals surface area contributed by atoms with Gasteiger partial charge in [-0.2, -0.15) is 0 Å². The van der Waals surface area contributed by atoms with Crippen molar-refractivity contribution in [3.8, 4) is 5.75 Å². The van der Waals surface area contributed by atoms with Crippen LogP contribution in [0.1, 0.15) is 38.7 Å². The standard InChI is InChI=1S/C23H17Cl2NO2/c1-14-11-19(23(26-2)15-7-9-17(24)10-8-15)20(25)12-16(14)13-22(28)18-5-3-4-6-21(18)27/h3-12,23,27H,13H2,1H3. The van der Waals surface area contributed by atoms with Crippen molar-refractivity contribution in [2.45, 2.75) is 19.4 Å². The minimum Gasteiger partial charge on any atom is -0.507 e. The van der Waals surface area contributed by atoms with E-state index in [-0.39, 0.29) is 23.5 Å². The highest BCUT2D eigenvalue weighted by Crippen LogP contribution is 2.34. The molecule has 0 aliphatic rings. The minimum atomic E-state index is -0.550. The first-order valence-electron chi connectivity index (χ1n) is 8.63. The maximum Gasteiger partial charge on any atom is 0.275 e. The largest absolute Gasteiger partial charge is 0.507 e. The highest BCUT2D eigenvalue weighted by molar-refractivity contribution is 6.31. The molecule has 28 heavy (non-hydrogen) atoms. The zero-order chi connectivity index (χ0) is 20.3. The van der Waals surface area contributed by atoms with Gasteiger partial charge in [0.05, 0.1) is 16.1 Å². The third-order valence-corrected chi connectivity index (χ3v) is 5.20. The number of ketones is 1. The van der Waals surface area contributed by atoms with E-state index in [9.17, 15) is 9.90 Å². The van der Waals surface area contributed by atoms with Crippen molar-refractivity contribution >= 4 is 29.0 Å². The molecule has 1 N–H and O–H groups in total. The van der Waals surface area contributed by atoms with E-state index in [0.717, 1.165) is 16.7 Å². The van der Waals surface area contributed by atoms with Crippen LogP contribution in [0.4, 0.5) is 0 Å². The van der Waals surface area contributed by atoms with Crippen LogP contribution in [0, 0.1) is 13.5 Å². The number of carbonyl (C=O) groups excluding carboxylic acids is 1. The molecule has 1 unspecified atom stereocenters. The van der Waals surface area contributed by atoms with Crippen LogP contribution in [0.5, 0.6) is 5.75 Å². The maximum atomic E-state index is 12.6. The number of aromatic hydroxyl groups is 1. The summed E-state index contributed by atoms with van der Waals surface area (Å²) in [4.78, 5) is 16.3. The molecule has 0 fully saturated rings. The number of phenolic OH excluding ortho intramolecular Hbond substituents is 1. The number of aryl methyl sites for hydroxylation is 1. The monoisotopic (exact) mass is 409 g/mol. The smallest absolute Gasteiger partial charge is 0.275 e. The molecule has 0 bridgehead atoms. The summed E-state index contributed by atoms with van der Waals surface area (Å²) >= 11 is 12.4. The van der Waals surface area contributed by atoms with Gasteiger partial charge in [0.2, 0.25) is 0 Å². The lowest BCUT2D eigenvalue weighted by atomic mass is 9.93. The zero-order valence-corrected chi connectivity index (χ0v) is 16.6. The predicted molar refractivity (Wildman–Crippen MR) is 112 cm³/mol. The molecule has 0 aliphatic carbocycles. The fourth-order valence-electron chi connectivity index (χ4n) is 3.09. The van der Waals surface area contributed by atoms with Crippen LogP contribution in [0.2, 0.25) is 10.0 Å². The molecule has 0 saturated carbocycles. The van der Waals surface area contributed by atoms with E-state index in [4.69, 9.17) is 29.8 Å². The summed E-state index contributed by atoms with van der Waals surface area (Å²) in [6, 6.07) is 16.6. The first-order valence-corrected chi connectivity index (χ1v) is 9.38. The number of halogens is 2. The number of rotatable bonds is 5. The van der Waals surface area contributed by atoms with Gasteiger partial charge in [0.15, 0.2) is 5.78 Å². The summed E-state index contributed by atoms with van der Waals surface area (Å²) in [5, 5.41) is 10.9. The van der Waals surface area contributed by atoms with Crippen molar-refractivity contribution in [1.29, 1.82) is 0 Å². The van der Waals surface area contributed by atoms with E-state index in [1.54, 1.807) is 36.4 Å². The lowest BCUT2D eigenvalue weighted by molar-refractivity contribution is 0.0990. The van der Waals surface area contributed by atoms with Crippen molar-refractivity contribution in [2.24, 2.45) is 0 Å². The van der Waals surface area contributed by atoms with Crippen molar-refractivity contribution in [3.05, 3.63) is 110 Å². The van der Waals surface area contributed by atoms with Gasteiger partial charge in [-0.05, 0) is 66.6 Å². The Balaban J connectivity index is 1.92. The molecule has 0 spiro atoms. The van der Waals surface area contributed by atoms with Gasteiger partial charge in [0.25, 0.3) is 6.04 Å². The van der Waals surface area contributed by atoms with Crippen LogP contribution in [-0.4, -0.2) is 10.9 Å². The van der Waals surface area contributed by atoms with E-state index in [1.807, 2.05) is 25.1 Å². The fraction of sp³-hybridized carbons (Fsp3) is 0.130. The van der Waals surface area contributed by atoms with Gasteiger partial charge in [-0.25, -0.2) is 6.57 Å². The Bertz CT molecular complexity index is 1070. The molecule has 5 heteroatoms. The lowest BCUT2D eigenvalue weighted by Crippen LogP contribution is -2.07. The van der Waals surface area contributed by atoms with Gasteiger partial charge in [0.1, 0.15) is 5.75 Å². The average Bonchev–Trinajstić information content (AvgIpc) is 2.67. The van der Waals surface area contributed by atoms with E-state index in [1.165, 1.54) is 6.07 Å². The topological polar surface area (TPSA) is 41.7 Å². The normalized spacial score (nSPS) is 11.6. The van der Waals surface area contributed by atoms with Crippen LogP contribution in [0.15, 0.2) is 60.7 Å². The second-order valence-electron chi connectivity index (χ2n) is 6.50. The summed E-state index contributed by atoms with van der Waals surface area (Å²) in [6.45, 7) is 9.49. The van der Waals surface area contributed by atoms with Gasteiger partial charge >= 0.3 is 0 Å². The Morgan fingerprint density at radius 3 is 2.43 bits per heavy atom. The Morgan fingerprint density at radius 2 is 1.79 bits per heavy atom. The summed E-state index contributed by atoms with van der Waals surface area (Å²) in [5.41, 5.74) is 3.41. The fourth-order valence-corrected chi connectivity index (χ4v) is 3.51. The van der Waals surface area contributed by atoms with Crippen LogP contribution >= 0.6 is 23.2 Å². The molecule has 140 valence electrons. The molecule has 0 aromatic heterocycles. The molecular weight excluding hydrogens is 393 g/mol. The third-order valence-electron chi connectivity index (χ3n) is 4.62. The summed E-state index contributed by atoms with van der Waals surface area (Å²) in [7, 11) is 0. The second kappa shape index (κ2) is 8.48. The quantitative estimate of drug-likeness (QED) is 0.388. The van der Waals surface area contributed by atoms with Crippen molar-refractivity contribution < 1.29 is 9.90 Å². The van der Waals surface area contributed by atoms with Crippen molar-refractivity contribution in [3.63, 3.8) is 0 Å². The van der Waals surface area contributed by atoms with Crippen molar-refractivity contribution in [2.75, 3.05) is 0 Å². The molecule has 3 aromatic rings. The van der Waals surface area contributed by atoms with Gasteiger partial charge < -0.3 is 9.95 Å². The maximum absolute atomic E-state index is 12.6. The first kappa shape index (κ1) is 19.9. The number of phenols is 1. The van der Waals surface area contributed by atoms with E-state index < -0.39 is 6.04 Å². The van der Waals surface area contributed by atoms with E-state index in [0.29, 0.717) is 15.6 Å². The van der Waals surface area contributed by atoms with Crippen LogP contribution in [-0.2, 0) is 6.42 Å². The van der Waals surface area contributed by atoms with Crippen LogP contribution in [0.25, 0.3) is 4.85 Å². The zero-order valence-electron chi connectivity index (χ0n) is 15.1. The molecule has 0 heterocycles. The number of hydrogen-bond acceptors (Lipinski definition) is 2. The number of nitrogens with zero attached hydrogens (tertiary/aromatic N) is 1. The van der Waals surface area contributed by atoms with Gasteiger partial charge in [-0.1, -0.05) is 35.3 Å². The average molecular weight is 410 g/mol. The van der Waals surface area contributed by atoms with Crippen LogP contribution in [0.3, 0.4) is 0 Å². The highest BCUT2D eigenvalue weighted by atomic mass is 35.5. The molecule has 3 aromatic carbocycles. The molecule has 0 saturated heterocycles. The number of para-hydroxylation sites is 1. The molecule has 3 rings (SSSR count). The highest BCUT2D eigenvalue weighted by Gasteiger charge is 2.23. The lowest BCUT2D eigenvalue weighted by Gasteiger charge is -2.13. The van der Waals surface area contributed by atoms with Crippen molar-refractivity contribution in [1.82, 2.24) is 0 Å². The molecule has 3 nitrogen and oxygen atoms in total. The first-order chi connectivity index (χ1) is 13.4. The molecule has 1 atom stereocenters. The van der Waals surface area contributed by atoms with Gasteiger partial charge in [-0.3, -0.25) is 4.79 Å². The Hall–Kier alpha value is -2.80. The van der Waals surface area contributed by atoms with Gasteiger partial charge in [0, 0.05) is 17.0 Å². The molecule has 0 amide bonds. The third kappa shape index (κ3) is 4.20. The van der Waals surface area contributed by atoms with Gasteiger partial charge in [-0.15, -0.1) is 0 Å². The Kier molecular flexibility index (Phi) is 6.04. The molecule has 0 radical (unpaired) electrons. The Labute approximate surface area is 174 Å². The molecule has 0 aliphatic heterocycles. The van der Waals surface area contributed by atoms with E-state index >= 15 is 0 Å². The number of Topliss-reactive ketones (excluding diaryl/α,β-unsaturated/α-hetero) is 1. The molecular formula is C23H17Cl2NO2. The Morgan fingerprint density at radius 1 is 1.11 bits per heavy atom. The number of carbonyl (C=O) groups is 1. The summed E-state index contributed by atoms with van der Waals surface area (Å²) in [6.07, 6.45) is 0.118. The minimum absolute atomic E-state index is 0.0383. The number of benzene rings is 3. The van der Waals surface area contributed by atoms with E-state index in [2.05, 4.69) is 4.85 Å². The SMILES string of the molecule is [C-]#[N+]C(c1ccc(Cl)cc1)c1cc(C)c(CC(=O)c2ccccc2O)cc1Cl.